The maximum absolute atomic E-state index is 5.54. The van der Waals surface area contributed by atoms with Gasteiger partial charge in [0.1, 0.15) is 11.3 Å². The average molecular weight is 317 g/mol. The molecule has 0 aromatic carbocycles. The number of fused-ring (bicyclic) bond motifs is 1. The maximum atomic E-state index is 5.54. The lowest BCUT2D eigenvalue weighted by Crippen LogP contribution is -2.23. The molecule has 2 aromatic heterocycles. The van der Waals surface area contributed by atoms with Gasteiger partial charge >= 0.3 is 0 Å². The zero-order chi connectivity index (χ0) is 14.8. The lowest BCUT2D eigenvalue weighted by molar-refractivity contribution is 0.0695. The third kappa shape index (κ3) is 2.88. The Morgan fingerprint density at radius 1 is 1.18 bits per heavy atom. The Hall–Kier alpha value is -1.07. The van der Waals surface area contributed by atoms with Crippen LogP contribution in [0.15, 0.2) is 18.3 Å². The second-order valence-corrected chi connectivity index (χ2v) is 7.57. The predicted octanol–water partition coefficient (Wildman–Crippen LogP) is 3.47. The molecule has 5 heteroatoms. The number of nitrogens with zero attached hydrogens (tertiary/aromatic N) is 3. The second kappa shape index (κ2) is 6.59. The van der Waals surface area contributed by atoms with Crippen molar-refractivity contribution in [3.63, 3.8) is 0 Å². The van der Waals surface area contributed by atoms with E-state index in [2.05, 4.69) is 27.4 Å². The van der Waals surface area contributed by atoms with Crippen LogP contribution in [0.2, 0.25) is 0 Å². The molecule has 0 spiro atoms. The average Bonchev–Trinajstić information content (AvgIpc) is 2.94. The normalized spacial score (nSPS) is 21.5. The van der Waals surface area contributed by atoms with Crippen LogP contribution >= 0.6 is 11.8 Å². The fraction of sp³-hybridized carbons (Fsp3) is 0.647. The Labute approximate surface area is 135 Å². The molecule has 2 saturated heterocycles. The molecule has 118 valence electrons. The molecule has 22 heavy (non-hydrogen) atoms. The van der Waals surface area contributed by atoms with E-state index < -0.39 is 0 Å². The summed E-state index contributed by atoms with van der Waals surface area (Å²) >= 11 is 2.09. The van der Waals surface area contributed by atoms with Gasteiger partial charge in [-0.1, -0.05) is 0 Å². The molecule has 4 heterocycles. The highest BCUT2D eigenvalue weighted by atomic mass is 32.2. The highest BCUT2D eigenvalue weighted by Gasteiger charge is 2.24. The van der Waals surface area contributed by atoms with Crippen molar-refractivity contribution in [3.8, 4) is 0 Å². The van der Waals surface area contributed by atoms with Gasteiger partial charge in [0.05, 0.1) is 0 Å². The molecule has 4 nitrogen and oxygen atoms in total. The Morgan fingerprint density at radius 3 is 2.82 bits per heavy atom. The summed E-state index contributed by atoms with van der Waals surface area (Å²) < 4.78 is 7.97. The second-order valence-electron chi connectivity index (χ2n) is 6.35. The first-order valence-corrected chi connectivity index (χ1v) is 9.54. The summed E-state index contributed by atoms with van der Waals surface area (Å²) in [5.74, 6) is 4.65. The number of pyridine rings is 1. The minimum Gasteiger partial charge on any atom is -0.381 e. The van der Waals surface area contributed by atoms with E-state index in [9.17, 15) is 0 Å². The molecule has 2 aromatic rings. The molecule has 2 fully saturated rings. The smallest absolute Gasteiger partial charge is 0.160 e. The zero-order valence-corrected chi connectivity index (χ0v) is 13.7. The van der Waals surface area contributed by atoms with Crippen LogP contribution in [0.1, 0.15) is 37.5 Å². The van der Waals surface area contributed by atoms with Crippen LogP contribution in [0.3, 0.4) is 0 Å². The number of hydrogen-bond acceptors (Lipinski definition) is 4. The molecule has 4 rings (SSSR count). The Balaban J connectivity index is 1.68. The molecule has 2 aliphatic heterocycles. The van der Waals surface area contributed by atoms with Crippen LogP contribution in [0.25, 0.3) is 11.2 Å². The van der Waals surface area contributed by atoms with Gasteiger partial charge in [-0.25, -0.2) is 9.97 Å². The summed E-state index contributed by atoms with van der Waals surface area (Å²) in [6.45, 7) is 1.72. The number of aromatic nitrogens is 3. The van der Waals surface area contributed by atoms with Crippen LogP contribution in [-0.2, 0) is 11.2 Å². The van der Waals surface area contributed by atoms with E-state index in [-0.39, 0.29) is 0 Å². The first-order valence-electron chi connectivity index (χ1n) is 8.39. The van der Waals surface area contributed by atoms with E-state index in [1.54, 1.807) is 0 Å². The largest absolute Gasteiger partial charge is 0.381 e. The summed E-state index contributed by atoms with van der Waals surface area (Å²) in [5.41, 5.74) is 2.11. The minimum absolute atomic E-state index is 0.501. The van der Waals surface area contributed by atoms with Crippen molar-refractivity contribution in [3.05, 3.63) is 24.2 Å². The van der Waals surface area contributed by atoms with Crippen LogP contribution in [0.4, 0.5) is 0 Å². The quantitative estimate of drug-likeness (QED) is 0.869. The van der Waals surface area contributed by atoms with Crippen molar-refractivity contribution < 1.29 is 4.74 Å². The first-order chi connectivity index (χ1) is 10.9. The first kappa shape index (κ1) is 14.5. The van der Waals surface area contributed by atoms with Gasteiger partial charge in [0.2, 0.25) is 0 Å². The van der Waals surface area contributed by atoms with Crippen molar-refractivity contribution in [1.82, 2.24) is 14.5 Å². The number of imidazole rings is 1. The molecule has 0 aliphatic carbocycles. The van der Waals surface area contributed by atoms with Gasteiger partial charge in [0.25, 0.3) is 0 Å². The maximum Gasteiger partial charge on any atom is 0.160 e. The fourth-order valence-corrected chi connectivity index (χ4v) is 4.86. The number of thioether (sulfide) groups is 1. The molecule has 0 radical (unpaired) electrons. The van der Waals surface area contributed by atoms with Crippen molar-refractivity contribution in [2.24, 2.45) is 5.92 Å². The van der Waals surface area contributed by atoms with Crippen LogP contribution in [0, 0.1) is 5.92 Å². The van der Waals surface area contributed by atoms with Crippen LogP contribution in [0.5, 0.6) is 0 Å². The van der Waals surface area contributed by atoms with Crippen molar-refractivity contribution >= 4 is 22.9 Å². The summed E-state index contributed by atoms with van der Waals surface area (Å²) in [7, 11) is 0. The molecule has 0 atom stereocenters. The van der Waals surface area contributed by atoms with Crippen LogP contribution < -0.4 is 0 Å². The topological polar surface area (TPSA) is 39.9 Å². The van der Waals surface area contributed by atoms with E-state index in [4.69, 9.17) is 9.72 Å². The van der Waals surface area contributed by atoms with E-state index in [0.717, 1.165) is 49.6 Å². The predicted molar refractivity (Wildman–Crippen MR) is 90.4 cm³/mol. The van der Waals surface area contributed by atoms with Gasteiger partial charge in [-0.15, -0.1) is 0 Å². The van der Waals surface area contributed by atoms with Gasteiger partial charge < -0.3 is 9.30 Å². The Bertz CT molecular complexity index is 630. The van der Waals surface area contributed by atoms with Gasteiger partial charge in [0, 0.05) is 31.9 Å². The van der Waals surface area contributed by atoms with Gasteiger partial charge in [-0.2, -0.15) is 11.8 Å². The third-order valence-corrected chi connectivity index (χ3v) is 5.94. The molecule has 0 amide bonds. The summed E-state index contributed by atoms with van der Waals surface area (Å²) in [6.07, 6.45) is 7.81. The van der Waals surface area contributed by atoms with Gasteiger partial charge in [-0.3, -0.25) is 0 Å². The van der Waals surface area contributed by atoms with Crippen molar-refractivity contribution in [2.45, 2.75) is 38.1 Å². The fourth-order valence-electron chi connectivity index (χ4n) is 3.66. The molecule has 0 bridgehead atoms. The standard InChI is InChI=1S/C17H23N3OS/c1-2-15-17(18-7-1)20(14-3-8-21-9-4-14)16(19-15)12-13-5-10-22-11-6-13/h1-2,7,13-14H,3-6,8-12H2. The monoisotopic (exact) mass is 317 g/mol. The van der Waals surface area contributed by atoms with Crippen molar-refractivity contribution in [1.29, 1.82) is 0 Å². The molecule has 0 N–H and O–H groups in total. The molecular formula is C17H23N3OS. The van der Waals surface area contributed by atoms with Gasteiger partial charge in [-0.05, 0) is 55.2 Å². The van der Waals surface area contributed by atoms with E-state index in [0.29, 0.717) is 6.04 Å². The lowest BCUT2D eigenvalue weighted by atomic mass is 9.98. The highest BCUT2D eigenvalue weighted by molar-refractivity contribution is 7.99. The molecule has 2 aliphatic rings. The van der Waals surface area contributed by atoms with Crippen molar-refractivity contribution in [2.75, 3.05) is 24.7 Å². The van der Waals surface area contributed by atoms with E-state index >= 15 is 0 Å². The SMILES string of the molecule is c1cnc2c(c1)nc(CC1CCSCC1)n2C1CCOCC1. The van der Waals surface area contributed by atoms with Gasteiger partial charge in [0.15, 0.2) is 5.65 Å². The van der Waals surface area contributed by atoms with E-state index in [1.165, 1.54) is 30.2 Å². The zero-order valence-electron chi connectivity index (χ0n) is 12.9. The van der Waals surface area contributed by atoms with Crippen LogP contribution in [-0.4, -0.2) is 39.3 Å². The van der Waals surface area contributed by atoms with E-state index in [1.807, 2.05) is 12.3 Å². The summed E-state index contributed by atoms with van der Waals surface area (Å²) in [5, 5.41) is 0. The Morgan fingerprint density at radius 2 is 2.00 bits per heavy atom. The molecule has 0 unspecified atom stereocenters. The lowest BCUT2D eigenvalue weighted by Gasteiger charge is -2.27. The number of ether oxygens (including phenoxy) is 1. The summed E-state index contributed by atoms with van der Waals surface area (Å²) in [4.78, 5) is 9.56. The number of rotatable bonds is 3. The third-order valence-electron chi connectivity index (χ3n) is 4.89. The number of hydrogen-bond donors (Lipinski definition) is 0. The molecule has 0 saturated carbocycles. The summed E-state index contributed by atoms with van der Waals surface area (Å²) in [6, 6.07) is 4.59. The highest BCUT2D eigenvalue weighted by Crippen LogP contribution is 2.31. The minimum atomic E-state index is 0.501. The Kier molecular flexibility index (Phi) is 4.35. The molecular weight excluding hydrogens is 294 g/mol.